The molecule has 0 fully saturated rings. The molecule has 23 heavy (non-hydrogen) atoms. The number of hydrogen-bond donors (Lipinski definition) is 2. The van der Waals surface area contributed by atoms with Gasteiger partial charge in [0.2, 0.25) is 0 Å². The van der Waals surface area contributed by atoms with Gasteiger partial charge in [0.25, 0.3) is 5.91 Å². The Hall–Kier alpha value is -2.76. The van der Waals surface area contributed by atoms with E-state index in [9.17, 15) is 9.18 Å². The first kappa shape index (κ1) is 15.1. The molecule has 0 aliphatic heterocycles. The first-order valence-corrected chi connectivity index (χ1v) is 7.38. The number of rotatable bonds is 4. The fourth-order valence-corrected chi connectivity index (χ4v) is 2.76. The molecule has 6 heteroatoms. The van der Waals surface area contributed by atoms with Crippen molar-refractivity contribution in [3.8, 4) is 0 Å². The molecule has 0 spiro atoms. The molecule has 1 amide bonds. The summed E-state index contributed by atoms with van der Waals surface area (Å²) in [6, 6.07) is 3.24. The van der Waals surface area contributed by atoms with E-state index in [2.05, 4.69) is 20.3 Å². The summed E-state index contributed by atoms with van der Waals surface area (Å²) in [6.07, 6.45) is 5.03. The number of nitrogens with zero attached hydrogens (tertiary/aromatic N) is 2. The van der Waals surface area contributed by atoms with Gasteiger partial charge in [-0.15, -0.1) is 0 Å². The van der Waals surface area contributed by atoms with Crippen molar-refractivity contribution in [2.75, 3.05) is 6.54 Å². The predicted octanol–water partition coefficient (Wildman–Crippen LogP) is 2.69. The first-order valence-electron chi connectivity index (χ1n) is 7.38. The molecule has 0 unspecified atom stereocenters. The molecule has 3 aromatic rings. The highest BCUT2D eigenvalue weighted by atomic mass is 19.1. The molecule has 1 aromatic carbocycles. The maximum Gasteiger partial charge on any atom is 0.271 e. The van der Waals surface area contributed by atoms with E-state index in [1.807, 2.05) is 13.8 Å². The average Bonchev–Trinajstić information content (AvgIpc) is 2.90. The highest BCUT2D eigenvalue weighted by molar-refractivity contribution is 5.92. The number of fused-ring (bicyclic) bond motifs is 1. The molecule has 0 radical (unpaired) electrons. The molecule has 0 aliphatic carbocycles. The Morgan fingerprint density at radius 2 is 2.13 bits per heavy atom. The lowest BCUT2D eigenvalue weighted by atomic mass is 10.0. The minimum atomic E-state index is -0.265. The lowest BCUT2D eigenvalue weighted by molar-refractivity contribution is 0.0948. The molecule has 0 aliphatic rings. The van der Waals surface area contributed by atoms with Gasteiger partial charge in [0, 0.05) is 30.0 Å². The molecule has 118 valence electrons. The van der Waals surface area contributed by atoms with Crippen LogP contribution in [-0.4, -0.2) is 27.4 Å². The van der Waals surface area contributed by atoms with Gasteiger partial charge in [-0.3, -0.25) is 9.78 Å². The molecule has 5 nitrogen and oxygen atoms in total. The first-order chi connectivity index (χ1) is 11.1. The molecular formula is C17H17FN4O. The van der Waals surface area contributed by atoms with Crippen molar-refractivity contribution in [1.29, 1.82) is 0 Å². The van der Waals surface area contributed by atoms with Crippen LogP contribution in [0.2, 0.25) is 0 Å². The van der Waals surface area contributed by atoms with Gasteiger partial charge in [-0.1, -0.05) is 6.07 Å². The third-order valence-electron chi connectivity index (χ3n) is 3.89. The van der Waals surface area contributed by atoms with E-state index in [1.165, 1.54) is 24.7 Å². The second-order valence-corrected chi connectivity index (χ2v) is 5.44. The van der Waals surface area contributed by atoms with Gasteiger partial charge >= 0.3 is 0 Å². The Labute approximate surface area is 133 Å². The van der Waals surface area contributed by atoms with Crippen molar-refractivity contribution in [3.63, 3.8) is 0 Å². The lowest BCUT2D eigenvalue weighted by Crippen LogP contribution is -2.26. The molecule has 0 saturated carbocycles. The summed E-state index contributed by atoms with van der Waals surface area (Å²) in [5.41, 5.74) is 3.77. The second kappa shape index (κ2) is 6.16. The largest absolute Gasteiger partial charge is 0.356 e. The molecule has 0 saturated heterocycles. The Kier molecular flexibility index (Phi) is 4.06. The summed E-state index contributed by atoms with van der Waals surface area (Å²) >= 11 is 0. The van der Waals surface area contributed by atoms with Crippen LogP contribution in [0.25, 0.3) is 10.9 Å². The third-order valence-corrected chi connectivity index (χ3v) is 3.89. The molecule has 0 bridgehead atoms. The maximum absolute atomic E-state index is 13.9. The van der Waals surface area contributed by atoms with Crippen LogP contribution in [-0.2, 0) is 6.42 Å². The third kappa shape index (κ3) is 2.92. The number of aromatic amines is 1. The SMILES string of the molecule is Cc1[nH]c2c(F)ccc(C)c2c1CCNC(=O)c1cnccn1. The number of benzene rings is 1. The van der Waals surface area contributed by atoms with Gasteiger partial charge < -0.3 is 10.3 Å². The number of carbonyl (C=O) groups is 1. The lowest BCUT2D eigenvalue weighted by Gasteiger charge is -2.06. The van der Waals surface area contributed by atoms with Crippen molar-refractivity contribution >= 4 is 16.8 Å². The van der Waals surface area contributed by atoms with Crippen molar-refractivity contribution in [1.82, 2.24) is 20.3 Å². The smallest absolute Gasteiger partial charge is 0.271 e. The number of H-pyrrole nitrogens is 1. The maximum atomic E-state index is 13.9. The molecule has 2 aromatic heterocycles. The normalized spacial score (nSPS) is 10.9. The zero-order valence-electron chi connectivity index (χ0n) is 13.0. The van der Waals surface area contributed by atoms with Crippen molar-refractivity contribution in [2.24, 2.45) is 0 Å². The molecule has 3 rings (SSSR count). The molecule has 2 N–H and O–H groups in total. The fraction of sp³-hybridized carbons (Fsp3) is 0.235. The van der Waals surface area contributed by atoms with Crippen LogP contribution < -0.4 is 5.32 Å². The van der Waals surface area contributed by atoms with E-state index in [-0.39, 0.29) is 17.4 Å². The number of carbonyl (C=O) groups excluding carboxylic acids is 1. The highest BCUT2D eigenvalue weighted by Crippen LogP contribution is 2.27. The number of aromatic nitrogens is 3. The zero-order chi connectivity index (χ0) is 16.4. The molecule has 0 atom stereocenters. The summed E-state index contributed by atoms with van der Waals surface area (Å²) in [6.45, 7) is 4.31. The van der Waals surface area contributed by atoms with Gasteiger partial charge in [0.1, 0.15) is 11.5 Å². The van der Waals surface area contributed by atoms with Crippen LogP contribution in [0, 0.1) is 19.7 Å². The standard InChI is InChI=1S/C17H17FN4O/c1-10-3-4-13(18)16-15(10)12(11(2)22-16)5-6-21-17(23)14-9-19-7-8-20-14/h3-4,7-9,22H,5-6H2,1-2H3,(H,21,23). The van der Waals surface area contributed by atoms with Gasteiger partial charge in [-0.05, 0) is 37.5 Å². The summed E-state index contributed by atoms with van der Waals surface area (Å²) in [5, 5.41) is 3.71. The van der Waals surface area contributed by atoms with Crippen LogP contribution in [0.3, 0.4) is 0 Å². The van der Waals surface area contributed by atoms with Crippen molar-refractivity contribution in [3.05, 3.63) is 59.1 Å². The van der Waals surface area contributed by atoms with Gasteiger partial charge in [0.05, 0.1) is 11.7 Å². The zero-order valence-corrected chi connectivity index (χ0v) is 13.0. The van der Waals surface area contributed by atoms with Crippen LogP contribution in [0.1, 0.15) is 27.3 Å². The summed E-state index contributed by atoms with van der Waals surface area (Å²) in [7, 11) is 0. The van der Waals surface area contributed by atoms with Crippen LogP contribution in [0.15, 0.2) is 30.7 Å². The van der Waals surface area contributed by atoms with Crippen LogP contribution >= 0.6 is 0 Å². The number of aryl methyl sites for hydroxylation is 2. The quantitative estimate of drug-likeness (QED) is 0.778. The highest BCUT2D eigenvalue weighted by Gasteiger charge is 2.14. The summed E-state index contributed by atoms with van der Waals surface area (Å²) < 4.78 is 13.9. The topological polar surface area (TPSA) is 70.7 Å². The van der Waals surface area contributed by atoms with E-state index >= 15 is 0 Å². The van der Waals surface area contributed by atoms with Gasteiger partial charge in [-0.2, -0.15) is 0 Å². The van der Waals surface area contributed by atoms with E-state index in [0.717, 1.165) is 22.2 Å². The molecule has 2 heterocycles. The number of nitrogens with one attached hydrogen (secondary N) is 2. The molecular weight excluding hydrogens is 295 g/mol. The minimum absolute atomic E-state index is 0.261. The van der Waals surface area contributed by atoms with Crippen molar-refractivity contribution in [2.45, 2.75) is 20.3 Å². The average molecular weight is 312 g/mol. The van der Waals surface area contributed by atoms with Crippen molar-refractivity contribution < 1.29 is 9.18 Å². The Morgan fingerprint density at radius 3 is 2.87 bits per heavy atom. The van der Waals surface area contributed by atoms with Crippen LogP contribution in [0.5, 0.6) is 0 Å². The second-order valence-electron chi connectivity index (χ2n) is 5.44. The van der Waals surface area contributed by atoms with E-state index < -0.39 is 0 Å². The monoisotopic (exact) mass is 312 g/mol. The Morgan fingerprint density at radius 1 is 1.30 bits per heavy atom. The minimum Gasteiger partial charge on any atom is -0.356 e. The number of hydrogen-bond acceptors (Lipinski definition) is 3. The Bertz CT molecular complexity index is 858. The van der Waals surface area contributed by atoms with E-state index in [4.69, 9.17) is 0 Å². The van der Waals surface area contributed by atoms with E-state index in [0.29, 0.717) is 18.5 Å². The van der Waals surface area contributed by atoms with E-state index in [1.54, 1.807) is 6.07 Å². The Balaban J connectivity index is 1.76. The van der Waals surface area contributed by atoms with Gasteiger partial charge in [-0.25, -0.2) is 9.37 Å². The van der Waals surface area contributed by atoms with Crippen LogP contribution in [0.4, 0.5) is 4.39 Å². The summed E-state index contributed by atoms with van der Waals surface area (Å²) in [4.78, 5) is 22.9. The fourth-order valence-electron chi connectivity index (χ4n) is 2.76. The van der Waals surface area contributed by atoms with Gasteiger partial charge in [0.15, 0.2) is 0 Å². The number of amides is 1. The number of halogens is 1. The predicted molar refractivity (Wildman–Crippen MR) is 85.8 cm³/mol. The summed E-state index contributed by atoms with van der Waals surface area (Å²) in [5.74, 6) is -0.526.